The van der Waals surface area contributed by atoms with Crippen LogP contribution in [0.3, 0.4) is 0 Å². The van der Waals surface area contributed by atoms with E-state index in [0.717, 1.165) is 12.8 Å². The van der Waals surface area contributed by atoms with E-state index in [1.807, 2.05) is 4.90 Å². The summed E-state index contributed by atoms with van der Waals surface area (Å²) in [6, 6.07) is 6.94. The Kier molecular flexibility index (Phi) is 5.13. The third-order valence-electron chi connectivity index (χ3n) is 6.06. The fraction of sp³-hybridized carbons (Fsp3) is 0.364. The monoisotopic (exact) mass is 454 g/mol. The molecule has 2 amide bonds. The van der Waals surface area contributed by atoms with Crippen LogP contribution < -0.4 is 15.8 Å². The molecule has 0 bridgehead atoms. The first-order valence-corrected chi connectivity index (χ1v) is 11.0. The molecule has 1 aliphatic carbocycles. The standard InChI is InChI=1S/C22H23ClN6O3/c23-14-3-5-16(6-4-14)32-22(7-8-22)21(31)28-10-1-2-15(28)12-26-20(30)17-13-27-29-11-9-25-19(24)18(17)29/h3-6,9,11,13,15H,1-2,7-8,10,12H2,(H2,24,25)(H,26,30)/t15-/m1/s1. The van der Waals surface area contributed by atoms with E-state index in [0.29, 0.717) is 47.8 Å². The lowest BCUT2D eigenvalue weighted by Gasteiger charge is -2.29. The van der Waals surface area contributed by atoms with Crippen LogP contribution in [0.5, 0.6) is 5.75 Å². The van der Waals surface area contributed by atoms with E-state index in [1.54, 1.807) is 30.5 Å². The van der Waals surface area contributed by atoms with Crippen LogP contribution in [0.2, 0.25) is 5.02 Å². The third kappa shape index (κ3) is 3.73. The van der Waals surface area contributed by atoms with Gasteiger partial charge in [0.05, 0.1) is 11.8 Å². The maximum atomic E-state index is 13.3. The largest absolute Gasteiger partial charge is 0.477 e. The quantitative estimate of drug-likeness (QED) is 0.590. The number of benzene rings is 1. The van der Waals surface area contributed by atoms with Crippen molar-refractivity contribution in [2.45, 2.75) is 37.3 Å². The van der Waals surface area contributed by atoms with Gasteiger partial charge in [-0.2, -0.15) is 5.10 Å². The van der Waals surface area contributed by atoms with Crippen LogP contribution in [0.1, 0.15) is 36.0 Å². The van der Waals surface area contributed by atoms with Gasteiger partial charge in [0.2, 0.25) is 0 Å². The highest BCUT2D eigenvalue weighted by Crippen LogP contribution is 2.43. The van der Waals surface area contributed by atoms with E-state index in [2.05, 4.69) is 15.4 Å². The number of carbonyl (C=O) groups is 2. The van der Waals surface area contributed by atoms with Gasteiger partial charge >= 0.3 is 0 Å². The summed E-state index contributed by atoms with van der Waals surface area (Å²) >= 11 is 5.94. The van der Waals surface area contributed by atoms with Crippen molar-refractivity contribution in [3.05, 3.63) is 53.4 Å². The van der Waals surface area contributed by atoms with Crippen LogP contribution in [0.25, 0.3) is 5.52 Å². The smallest absolute Gasteiger partial charge is 0.267 e. The lowest BCUT2D eigenvalue weighted by molar-refractivity contribution is -0.141. The molecule has 166 valence electrons. The van der Waals surface area contributed by atoms with Crippen molar-refractivity contribution >= 4 is 34.7 Å². The van der Waals surface area contributed by atoms with Gasteiger partial charge in [0.1, 0.15) is 17.1 Å². The highest BCUT2D eigenvalue weighted by atomic mass is 35.5. The number of carbonyl (C=O) groups excluding carboxylic acids is 2. The Hall–Kier alpha value is -3.33. The van der Waals surface area contributed by atoms with Crippen molar-refractivity contribution in [2.75, 3.05) is 18.8 Å². The molecule has 2 aliphatic rings. The predicted molar refractivity (Wildman–Crippen MR) is 119 cm³/mol. The summed E-state index contributed by atoms with van der Waals surface area (Å²) in [6.07, 6.45) is 7.70. The van der Waals surface area contributed by atoms with Gasteiger partial charge < -0.3 is 20.7 Å². The molecule has 9 nitrogen and oxygen atoms in total. The number of anilines is 1. The highest BCUT2D eigenvalue weighted by molar-refractivity contribution is 6.30. The normalized spacial score (nSPS) is 19.2. The van der Waals surface area contributed by atoms with Crippen molar-refractivity contribution in [2.24, 2.45) is 0 Å². The zero-order valence-electron chi connectivity index (χ0n) is 17.3. The number of halogens is 1. The minimum atomic E-state index is -0.816. The number of likely N-dealkylation sites (tertiary alicyclic amines) is 1. The van der Waals surface area contributed by atoms with Crippen LogP contribution in [0.4, 0.5) is 5.82 Å². The lowest BCUT2D eigenvalue weighted by atomic mass is 10.2. The van der Waals surface area contributed by atoms with Crippen LogP contribution >= 0.6 is 11.6 Å². The number of nitrogen functional groups attached to an aromatic ring is 1. The number of nitrogens with two attached hydrogens (primary N) is 1. The van der Waals surface area contributed by atoms with Gasteiger partial charge in [0.15, 0.2) is 5.60 Å². The Labute approximate surface area is 189 Å². The maximum absolute atomic E-state index is 13.3. The Balaban J connectivity index is 1.25. The molecule has 0 spiro atoms. The number of nitrogens with zero attached hydrogens (tertiary/aromatic N) is 4. The summed E-state index contributed by atoms with van der Waals surface area (Å²) in [5.74, 6) is 0.553. The Bertz CT molecular complexity index is 1170. The number of amides is 2. The molecule has 5 rings (SSSR count). The van der Waals surface area contributed by atoms with Crippen LogP contribution in [-0.2, 0) is 4.79 Å². The molecule has 2 aromatic heterocycles. The van der Waals surface area contributed by atoms with Gasteiger partial charge in [-0.05, 0) is 37.1 Å². The first kappa shape index (κ1) is 20.6. The third-order valence-corrected chi connectivity index (χ3v) is 6.31. The number of ether oxygens (including phenoxy) is 1. The van der Waals surface area contributed by atoms with E-state index < -0.39 is 5.60 Å². The molecule has 10 heteroatoms. The predicted octanol–water partition coefficient (Wildman–Crippen LogP) is 2.30. The van der Waals surface area contributed by atoms with Gasteiger partial charge in [0.25, 0.3) is 11.8 Å². The number of hydrogen-bond acceptors (Lipinski definition) is 6. The van der Waals surface area contributed by atoms with E-state index in [-0.39, 0.29) is 23.7 Å². The fourth-order valence-electron chi connectivity index (χ4n) is 4.22. The summed E-state index contributed by atoms with van der Waals surface area (Å²) < 4.78 is 7.59. The van der Waals surface area contributed by atoms with Crippen molar-refractivity contribution < 1.29 is 14.3 Å². The van der Waals surface area contributed by atoms with Crippen LogP contribution in [0.15, 0.2) is 42.9 Å². The van der Waals surface area contributed by atoms with E-state index in [4.69, 9.17) is 22.1 Å². The van der Waals surface area contributed by atoms with Gasteiger partial charge in [0, 0.05) is 49.4 Å². The van der Waals surface area contributed by atoms with Gasteiger partial charge in [-0.15, -0.1) is 0 Å². The summed E-state index contributed by atoms with van der Waals surface area (Å²) in [7, 11) is 0. The van der Waals surface area contributed by atoms with E-state index >= 15 is 0 Å². The molecule has 3 aromatic rings. The number of hydrogen-bond donors (Lipinski definition) is 2. The molecular formula is C22H23ClN6O3. The second-order valence-corrected chi connectivity index (χ2v) is 8.66. The average Bonchev–Trinajstić information content (AvgIpc) is 3.21. The van der Waals surface area contributed by atoms with Gasteiger partial charge in [-0.25, -0.2) is 9.50 Å². The minimum absolute atomic E-state index is 0.0198. The lowest BCUT2D eigenvalue weighted by Crippen LogP contribution is -2.49. The van der Waals surface area contributed by atoms with Crippen molar-refractivity contribution in [3.8, 4) is 5.75 Å². The van der Waals surface area contributed by atoms with E-state index in [1.165, 1.54) is 16.9 Å². The van der Waals surface area contributed by atoms with Crippen LogP contribution in [-0.4, -0.2) is 56.0 Å². The van der Waals surface area contributed by atoms with Crippen molar-refractivity contribution in [1.82, 2.24) is 24.8 Å². The number of fused-ring (bicyclic) bond motifs is 1. The molecule has 3 heterocycles. The topological polar surface area (TPSA) is 115 Å². The van der Waals surface area contributed by atoms with Crippen LogP contribution in [0, 0.1) is 0 Å². The molecule has 0 radical (unpaired) electrons. The molecule has 0 unspecified atom stereocenters. The van der Waals surface area contributed by atoms with Crippen molar-refractivity contribution in [3.63, 3.8) is 0 Å². The summed E-state index contributed by atoms with van der Waals surface area (Å²) in [5.41, 5.74) is 5.93. The SMILES string of the molecule is Nc1nccn2ncc(C(=O)NC[C@H]3CCCN3C(=O)C3(Oc4ccc(Cl)cc4)CC3)c12. The Morgan fingerprint density at radius 2 is 2.06 bits per heavy atom. The molecular weight excluding hydrogens is 432 g/mol. The summed E-state index contributed by atoms with van der Waals surface area (Å²) in [6.45, 7) is 0.998. The summed E-state index contributed by atoms with van der Waals surface area (Å²) in [5, 5.41) is 7.71. The summed E-state index contributed by atoms with van der Waals surface area (Å²) in [4.78, 5) is 32.0. The second kappa shape index (κ2) is 7.98. The molecule has 1 aliphatic heterocycles. The minimum Gasteiger partial charge on any atom is -0.477 e. The molecule has 1 aromatic carbocycles. The van der Waals surface area contributed by atoms with Gasteiger partial charge in [-0.3, -0.25) is 9.59 Å². The molecule has 1 atom stereocenters. The fourth-order valence-corrected chi connectivity index (χ4v) is 4.34. The molecule has 3 N–H and O–H groups in total. The first-order valence-electron chi connectivity index (χ1n) is 10.6. The zero-order valence-corrected chi connectivity index (χ0v) is 18.1. The average molecular weight is 455 g/mol. The molecule has 32 heavy (non-hydrogen) atoms. The first-order chi connectivity index (χ1) is 15.5. The number of nitrogens with one attached hydrogen (secondary N) is 1. The van der Waals surface area contributed by atoms with E-state index in [9.17, 15) is 9.59 Å². The van der Waals surface area contributed by atoms with Crippen molar-refractivity contribution in [1.29, 1.82) is 0 Å². The second-order valence-electron chi connectivity index (χ2n) is 8.22. The maximum Gasteiger partial charge on any atom is 0.267 e. The molecule has 1 saturated heterocycles. The number of aromatic nitrogens is 3. The Morgan fingerprint density at radius 3 is 2.81 bits per heavy atom. The van der Waals surface area contributed by atoms with Gasteiger partial charge in [-0.1, -0.05) is 11.6 Å². The molecule has 2 fully saturated rings. The highest BCUT2D eigenvalue weighted by Gasteiger charge is 2.56. The zero-order chi connectivity index (χ0) is 22.3. The number of rotatable bonds is 6. The molecule has 1 saturated carbocycles. The Morgan fingerprint density at radius 1 is 1.28 bits per heavy atom.